The highest BCUT2D eigenvalue weighted by molar-refractivity contribution is 7.09. The molecule has 0 atom stereocenters. The minimum Gasteiger partial charge on any atom is -0.478 e. The van der Waals surface area contributed by atoms with Gasteiger partial charge in [0.15, 0.2) is 0 Å². The van der Waals surface area contributed by atoms with E-state index < -0.39 is 5.97 Å². The number of aromatic nitrogens is 2. The van der Waals surface area contributed by atoms with E-state index in [0.717, 1.165) is 27.4 Å². The number of hydrogen-bond acceptors (Lipinski definition) is 4. The molecule has 0 saturated heterocycles. The van der Waals surface area contributed by atoms with Crippen molar-refractivity contribution in [1.82, 2.24) is 9.97 Å². The van der Waals surface area contributed by atoms with Crippen molar-refractivity contribution in [2.75, 3.05) is 0 Å². The van der Waals surface area contributed by atoms with Gasteiger partial charge in [0.25, 0.3) is 0 Å². The van der Waals surface area contributed by atoms with E-state index in [9.17, 15) is 9.90 Å². The summed E-state index contributed by atoms with van der Waals surface area (Å²) in [6.45, 7) is 1.97. The standard InChI is InChI=1S/C17H14N2O2S/c1-11-2-3-15(19-10-11)13-6-12(7-14(9-13)17(20)21)8-16-18-4-5-22-16/h2-7,9-10H,8H2,1H3,(H,20,21). The van der Waals surface area contributed by atoms with Crippen LogP contribution in [0.2, 0.25) is 0 Å². The van der Waals surface area contributed by atoms with Crippen molar-refractivity contribution in [2.45, 2.75) is 13.3 Å². The summed E-state index contributed by atoms with van der Waals surface area (Å²) in [5.41, 5.74) is 3.85. The first kappa shape index (κ1) is 14.4. The van der Waals surface area contributed by atoms with E-state index in [2.05, 4.69) is 9.97 Å². The predicted octanol–water partition coefficient (Wildman–Crippen LogP) is 3.80. The maximum Gasteiger partial charge on any atom is 0.335 e. The second kappa shape index (κ2) is 6.07. The van der Waals surface area contributed by atoms with Crippen LogP contribution >= 0.6 is 11.3 Å². The summed E-state index contributed by atoms with van der Waals surface area (Å²) in [6, 6.07) is 9.21. The van der Waals surface area contributed by atoms with Crippen molar-refractivity contribution in [2.24, 2.45) is 0 Å². The van der Waals surface area contributed by atoms with E-state index >= 15 is 0 Å². The molecule has 5 heteroatoms. The summed E-state index contributed by atoms with van der Waals surface area (Å²) in [5.74, 6) is -0.936. The zero-order chi connectivity index (χ0) is 15.5. The van der Waals surface area contributed by atoms with Crippen LogP contribution in [0.5, 0.6) is 0 Å². The largest absolute Gasteiger partial charge is 0.478 e. The van der Waals surface area contributed by atoms with E-state index in [-0.39, 0.29) is 5.56 Å². The Morgan fingerprint density at radius 3 is 2.73 bits per heavy atom. The molecule has 0 fully saturated rings. The number of nitrogens with zero attached hydrogens (tertiary/aromatic N) is 2. The van der Waals surface area contributed by atoms with Crippen molar-refractivity contribution in [3.8, 4) is 11.3 Å². The van der Waals surface area contributed by atoms with Gasteiger partial charge in [0, 0.05) is 29.8 Å². The van der Waals surface area contributed by atoms with Gasteiger partial charge in [-0.1, -0.05) is 6.07 Å². The first-order valence-corrected chi connectivity index (χ1v) is 7.68. The molecular weight excluding hydrogens is 296 g/mol. The second-order valence-corrected chi connectivity index (χ2v) is 6.03. The Kier molecular flexibility index (Phi) is 3.98. The molecule has 22 heavy (non-hydrogen) atoms. The van der Waals surface area contributed by atoms with E-state index in [1.807, 2.05) is 30.5 Å². The molecule has 4 nitrogen and oxygen atoms in total. The fourth-order valence-corrected chi connectivity index (χ4v) is 2.87. The van der Waals surface area contributed by atoms with E-state index in [0.29, 0.717) is 6.42 Å². The fraction of sp³-hybridized carbons (Fsp3) is 0.118. The molecule has 1 aromatic carbocycles. The van der Waals surface area contributed by atoms with Crippen molar-refractivity contribution in [3.63, 3.8) is 0 Å². The molecule has 3 aromatic rings. The van der Waals surface area contributed by atoms with Crippen LogP contribution < -0.4 is 0 Å². The first-order chi connectivity index (χ1) is 10.6. The molecule has 0 bridgehead atoms. The summed E-state index contributed by atoms with van der Waals surface area (Å²) in [6.07, 6.45) is 4.16. The van der Waals surface area contributed by atoms with Gasteiger partial charge >= 0.3 is 5.97 Å². The zero-order valence-corrected chi connectivity index (χ0v) is 12.8. The molecule has 3 rings (SSSR count). The third-order valence-corrected chi connectivity index (χ3v) is 4.07. The number of pyridine rings is 1. The number of rotatable bonds is 4. The van der Waals surface area contributed by atoms with Crippen LogP contribution in [0.3, 0.4) is 0 Å². The number of carboxylic acids is 1. The van der Waals surface area contributed by atoms with Crippen LogP contribution in [0.4, 0.5) is 0 Å². The highest BCUT2D eigenvalue weighted by atomic mass is 32.1. The molecule has 1 N–H and O–H groups in total. The van der Waals surface area contributed by atoms with Gasteiger partial charge in [0.1, 0.15) is 0 Å². The fourth-order valence-electron chi connectivity index (χ4n) is 2.22. The summed E-state index contributed by atoms with van der Waals surface area (Å²) in [5, 5.41) is 12.2. The molecule has 0 aliphatic heterocycles. The number of carboxylic acid groups (broad SMARTS) is 1. The van der Waals surface area contributed by atoms with Crippen molar-refractivity contribution < 1.29 is 9.90 Å². The lowest BCUT2D eigenvalue weighted by Gasteiger charge is -2.07. The quantitative estimate of drug-likeness (QED) is 0.796. The van der Waals surface area contributed by atoms with E-state index in [1.54, 1.807) is 35.9 Å². The molecule has 2 aromatic heterocycles. The summed E-state index contributed by atoms with van der Waals surface area (Å²) >= 11 is 1.56. The molecule has 0 unspecified atom stereocenters. The van der Waals surface area contributed by atoms with Gasteiger partial charge < -0.3 is 5.11 Å². The number of thiazole rings is 1. The van der Waals surface area contributed by atoms with Crippen LogP contribution in [-0.2, 0) is 6.42 Å². The third kappa shape index (κ3) is 3.20. The van der Waals surface area contributed by atoms with Gasteiger partial charge in [-0.15, -0.1) is 11.3 Å². The normalized spacial score (nSPS) is 10.6. The smallest absolute Gasteiger partial charge is 0.335 e. The summed E-state index contributed by atoms with van der Waals surface area (Å²) in [7, 11) is 0. The first-order valence-electron chi connectivity index (χ1n) is 6.80. The van der Waals surface area contributed by atoms with Gasteiger partial charge in [-0.25, -0.2) is 9.78 Å². The molecule has 0 spiro atoms. The number of aromatic carboxylic acids is 1. The Morgan fingerprint density at radius 1 is 1.23 bits per heavy atom. The van der Waals surface area contributed by atoms with Gasteiger partial charge in [-0.2, -0.15) is 0 Å². The van der Waals surface area contributed by atoms with Crippen molar-refractivity contribution in [1.29, 1.82) is 0 Å². The Hall–Kier alpha value is -2.53. The summed E-state index contributed by atoms with van der Waals surface area (Å²) < 4.78 is 0. The average molecular weight is 310 g/mol. The van der Waals surface area contributed by atoms with Gasteiger partial charge in [0.2, 0.25) is 0 Å². The topological polar surface area (TPSA) is 63.1 Å². The molecule has 0 amide bonds. The molecule has 0 radical (unpaired) electrons. The second-order valence-electron chi connectivity index (χ2n) is 5.05. The molecule has 110 valence electrons. The minimum atomic E-state index is -0.936. The van der Waals surface area contributed by atoms with Gasteiger partial charge in [0.05, 0.1) is 16.3 Å². The van der Waals surface area contributed by atoms with Crippen LogP contribution in [-0.4, -0.2) is 21.0 Å². The van der Waals surface area contributed by atoms with E-state index in [4.69, 9.17) is 0 Å². The maximum absolute atomic E-state index is 11.4. The SMILES string of the molecule is Cc1ccc(-c2cc(Cc3nccs3)cc(C(=O)O)c2)nc1. The highest BCUT2D eigenvalue weighted by Gasteiger charge is 2.10. The van der Waals surface area contributed by atoms with Crippen LogP contribution in [0, 0.1) is 6.92 Å². The lowest BCUT2D eigenvalue weighted by atomic mass is 10.0. The number of aryl methyl sites for hydroxylation is 1. The molecule has 0 saturated carbocycles. The Labute approximate surface area is 132 Å². The number of carbonyl (C=O) groups is 1. The molecule has 0 aliphatic rings. The van der Waals surface area contributed by atoms with Gasteiger partial charge in [-0.3, -0.25) is 4.98 Å². The van der Waals surface area contributed by atoms with Crippen molar-refractivity contribution >= 4 is 17.3 Å². The van der Waals surface area contributed by atoms with Crippen LogP contribution in [0.15, 0.2) is 48.1 Å². The number of hydrogen-bond donors (Lipinski definition) is 1. The van der Waals surface area contributed by atoms with Crippen molar-refractivity contribution in [3.05, 3.63) is 69.8 Å². The molecule has 0 aliphatic carbocycles. The molecule has 2 heterocycles. The zero-order valence-electron chi connectivity index (χ0n) is 12.0. The Balaban J connectivity index is 2.03. The summed E-state index contributed by atoms with van der Waals surface area (Å²) in [4.78, 5) is 20.0. The lowest BCUT2D eigenvalue weighted by Crippen LogP contribution is -2.00. The maximum atomic E-state index is 11.4. The Morgan fingerprint density at radius 2 is 2.09 bits per heavy atom. The molecular formula is C17H14N2O2S. The minimum absolute atomic E-state index is 0.270. The van der Waals surface area contributed by atoms with E-state index in [1.165, 1.54) is 0 Å². The highest BCUT2D eigenvalue weighted by Crippen LogP contribution is 2.23. The van der Waals surface area contributed by atoms with Gasteiger partial charge in [-0.05, 0) is 42.3 Å². The number of benzene rings is 1. The van der Waals surface area contributed by atoms with Crippen LogP contribution in [0.25, 0.3) is 11.3 Å². The third-order valence-electron chi connectivity index (χ3n) is 3.29. The monoisotopic (exact) mass is 310 g/mol. The Bertz CT molecular complexity index is 796. The van der Waals surface area contributed by atoms with Crippen LogP contribution in [0.1, 0.15) is 26.5 Å². The predicted molar refractivity (Wildman–Crippen MR) is 86.3 cm³/mol. The average Bonchev–Trinajstić information content (AvgIpc) is 3.00. The lowest BCUT2D eigenvalue weighted by molar-refractivity contribution is 0.0697.